The predicted octanol–water partition coefficient (Wildman–Crippen LogP) is 5.22. The zero-order chi connectivity index (χ0) is 21.0. The minimum absolute atomic E-state index is 0.161. The summed E-state index contributed by atoms with van der Waals surface area (Å²) in [7, 11) is 0. The average Bonchev–Trinajstić information content (AvgIpc) is 2.97. The molecule has 29 heavy (non-hydrogen) atoms. The molecule has 0 saturated heterocycles. The van der Waals surface area contributed by atoms with Gasteiger partial charge in [0.05, 0.1) is 12.1 Å². The summed E-state index contributed by atoms with van der Waals surface area (Å²) in [5.74, 6) is -0.445. The highest BCUT2D eigenvalue weighted by molar-refractivity contribution is 6.06. The second-order valence-electron chi connectivity index (χ2n) is 7.06. The van der Waals surface area contributed by atoms with E-state index in [4.69, 9.17) is 9.84 Å². The summed E-state index contributed by atoms with van der Waals surface area (Å²) in [6, 6.07) is 12.9. The van der Waals surface area contributed by atoms with E-state index in [0.29, 0.717) is 17.9 Å². The Hall–Kier alpha value is -3.34. The fourth-order valence-electron chi connectivity index (χ4n) is 3.34. The topological polar surface area (TPSA) is 68.5 Å². The van der Waals surface area contributed by atoms with Crippen molar-refractivity contribution < 1.29 is 19.4 Å². The minimum Gasteiger partial charge on any atom is -0.494 e. The molecule has 0 aliphatic rings. The van der Waals surface area contributed by atoms with Crippen LogP contribution in [0.4, 0.5) is 0 Å². The van der Waals surface area contributed by atoms with Crippen LogP contribution in [0, 0.1) is 13.8 Å². The number of fused-ring (bicyclic) bond motifs is 1. The van der Waals surface area contributed by atoms with E-state index in [9.17, 15) is 9.59 Å². The summed E-state index contributed by atoms with van der Waals surface area (Å²) in [6.07, 6.45) is 4.70. The Morgan fingerprint density at radius 1 is 1.10 bits per heavy atom. The van der Waals surface area contributed by atoms with Gasteiger partial charge < -0.3 is 9.84 Å². The molecule has 0 spiro atoms. The zero-order valence-corrected chi connectivity index (χ0v) is 16.9. The highest BCUT2D eigenvalue weighted by Crippen LogP contribution is 2.29. The van der Waals surface area contributed by atoms with Gasteiger partial charge in [0.2, 0.25) is 0 Å². The largest absolute Gasteiger partial charge is 0.494 e. The molecule has 1 N–H and O–H groups in total. The van der Waals surface area contributed by atoms with Gasteiger partial charge in [0, 0.05) is 28.3 Å². The van der Waals surface area contributed by atoms with Crippen molar-refractivity contribution in [2.45, 2.75) is 33.6 Å². The summed E-state index contributed by atoms with van der Waals surface area (Å²) >= 11 is 0. The third-order valence-electron chi connectivity index (χ3n) is 4.87. The number of aryl methyl sites for hydroxylation is 1. The fraction of sp³-hybridized carbons (Fsp3) is 0.250. The van der Waals surface area contributed by atoms with Crippen LogP contribution in [-0.2, 0) is 4.79 Å². The number of unbranched alkanes of at least 4 members (excludes halogenated alkanes) is 1. The molecule has 0 amide bonds. The molecule has 0 aliphatic carbocycles. The summed E-state index contributed by atoms with van der Waals surface area (Å²) in [5.41, 5.74) is 3.78. The summed E-state index contributed by atoms with van der Waals surface area (Å²) in [5, 5.41) is 9.87. The molecule has 1 aromatic heterocycles. The van der Waals surface area contributed by atoms with Gasteiger partial charge in [0.15, 0.2) is 0 Å². The van der Waals surface area contributed by atoms with E-state index >= 15 is 0 Å². The maximum absolute atomic E-state index is 13.3. The molecule has 2 aromatic carbocycles. The molecular weight excluding hydrogens is 366 g/mol. The van der Waals surface area contributed by atoms with Crippen LogP contribution in [0.3, 0.4) is 0 Å². The Labute approximate surface area is 170 Å². The summed E-state index contributed by atoms with van der Waals surface area (Å²) in [4.78, 5) is 24.3. The van der Waals surface area contributed by atoms with Crippen molar-refractivity contribution in [3.63, 3.8) is 0 Å². The predicted molar refractivity (Wildman–Crippen MR) is 115 cm³/mol. The number of aromatic nitrogens is 1. The number of carboxylic acid groups (broad SMARTS) is 1. The molecule has 0 fully saturated rings. The summed E-state index contributed by atoms with van der Waals surface area (Å²) < 4.78 is 7.31. The van der Waals surface area contributed by atoms with Crippen molar-refractivity contribution in [3.05, 3.63) is 70.9 Å². The molecule has 1 heterocycles. The van der Waals surface area contributed by atoms with Gasteiger partial charge >= 0.3 is 5.97 Å². The molecule has 0 radical (unpaired) electrons. The van der Waals surface area contributed by atoms with Crippen LogP contribution in [-0.4, -0.2) is 28.2 Å². The van der Waals surface area contributed by atoms with E-state index in [2.05, 4.69) is 6.92 Å². The molecule has 0 saturated carbocycles. The van der Waals surface area contributed by atoms with Crippen LogP contribution in [0.5, 0.6) is 5.75 Å². The average molecular weight is 391 g/mol. The second kappa shape index (κ2) is 8.78. The van der Waals surface area contributed by atoms with Crippen molar-refractivity contribution in [2.75, 3.05) is 6.61 Å². The first kappa shape index (κ1) is 20.4. The molecule has 5 heteroatoms. The van der Waals surface area contributed by atoms with Gasteiger partial charge in [0.1, 0.15) is 5.75 Å². The van der Waals surface area contributed by atoms with Crippen LogP contribution >= 0.6 is 0 Å². The van der Waals surface area contributed by atoms with E-state index in [0.717, 1.165) is 46.7 Å². The molecule has 0 atom stereocenters. The van der Waals surface area contributed by atoms with Gasteiger partial charge in [-0.3, -0.25) is 9.36 Å². The van der Waals surface area contributed by atoms with Crippen LogP contribution < -0.4 is 4.74 Å². The molecule has 0 unspecified atom stereocenters. The molecular formula is C24H25NO4. The van der Waals surface area contributed by atoms with Gasteiger partial charge in [-0.25, -0.2) is 4.79 Å². The number of carbonyl (C=O) groups is 2. The Kier molecular flexibility index (Phi) is 6.17. The van der Waals surface area contributed by atoms with E-state index in [1.54, 1.807) is 34.9 Å². The lowest BCUT2D eigenvalue weighted by Gasteiger charge is -2.09. The molecule has 3 rings (SSSR count). The zero-order valence-electron chi connectivity index (χ0n) is 16.9. The number of hydrogen-bond acceptors (Lipinski definition) is 3. The number of nitrogens with zero attached hydrogens (tertiary/aromatic N) is 1. The lowest BCUT2D eigenvalue weighted by atomic mass is 10.1. The molecule has 0 bridgehead atoms. The van der Waals surface area contributed by atoms with Gasteiger partial charge in [-0.2, -0.15) is 0 Å². The second-order valence-corrected chi connectivity index (χ2v) is 7.06. The van der Waals surface area contributed by atoms with Crippen LogP contribution in [0.25, 0.3) is 17.0 Å². The van der Waals surface area contributed by atoms with Crippen LogP contribution in [0.2, 0.25) is 0 Å². The monoisotopic (exact) mass is 391 g/mol. The van der Waals surface area contributed by atoms with Gasteiger partial charge in [-0.05, 0) is 62.7 Å². The molecule has 150 valence electrons. The van der Waals surface area contributed by atoms with E-state index in [1.165, 1.54) is 0 Å². The Balaban J connectivity index is 2.01. The van der Waals surface area contributed by atoms with Crippen molar-refractivity contribution in [2.24, 2.45) is 0 Å². The lowest BCUT2D eigenvalue weighted by Crippen LogP contribution is -2.13. The fourth-order valence-corrected chi connectivity index (χ4v) is 3.34. The molecule has 3 aromatic rings. The molecule has 5 nitrogen and oxygen atoms in total. The van der Waals surface area contributed by atoms with Crippen molar-refractivity contribution >= 4 is 28.9 Å². The number of carboxylic acids is 1. The van der Waals surface area contributed by atoms with Gasteiger partial charge in [-0.15, -0.1) is 0 Å². The SMILES string of the molecule is CCCCOc1ccc(C(=O)n2c(C)c(/C=C/C(=O)O)c3cc(C)ccc32)cc1. The highest BCUT2D eigenvalue weighted by Gasteiger charge is 2.19. The van der Waals surface area contributed by atoms with E-state index in [-0.39, 0.29) is 5.91 Å². The Morgan fingerprint density at radius 2 is 1.83 bits per heavy atom. The number of rotatable bonds is 7. The maximum Gasteiger partial charge on any atom is 0.328 e. The molecule has 0 aliphatic heterocycles. The van der Waals surface area contributed by atoms with Crippen molar-refractivity contribution in [1.29, 1.82) is 0 Å². The van der Waals surface area contributed by atoms with E-state index in [1.807, 2.05) is 32.0 Å². The normalized spacial score (nSPS) is 11.3. The van der Waals surface area contributed by atoms with Gasteiger partial charge in [-0.1, -0.05) is 25.0 Å². The smallest absolute Gasteiger partial charge is 0.328 e. The lowest BCUT2D eigenvalue weighted by molar-refractivity contribution is -0.131. The van der Waals surface area contributed by atoms with Crippen LogP contribution in [0.1, 0.15) is 46.9 Å². The number of carbonyl (C=O) groups excluding carboxylic acids is 1. The first-order valence-corrected chi connectivity index (χ1v) is 9.72. The van der Waals surface area contributed by atoms with Gasteiger partial charge in [0.25, 0.3) is 5.91 Å². The summed E-state index contributed by atoms with van der Waals surface area (Å²) in [6.45, 7) is 6.56. The first-order chi connectivity index (χ1) is 13.9. The highest BCUT2D eigenvalue weighted by atomic mass is 16.5. The number of ether oxygens (including phenoxy) is 1. The number of aliphatic carboxylic acids is 1. The van der Waals surface area contributed by atoms with Crippen LogP contribution in [0.15, 0.2) is 48.5 Å². The quantitative estimate of drug-likeness (QED) is 0.443. The number of benzene rings is 2. The first-order valence-electron chi connectivity index (χ1n) is 9.72. The minimum atomic E-state index is -1.03. The van der Waals surface area contributed by atoms with E-state index < -0.39 is 5.97 Å². The number of hydrogen-bond donors (Lipinski definition) is 1. The standard InChI is InChI=1S/C24H25NO4/c1-4-5-14-29-19-9-7-18(8-10-19)24(28)25-17(3)20(11-13-23(26)27)21-15-16(2)6-12-22(21)25/h6-13,15H,4-5,14H2,1-3H3,(H,26,27)/b13-11+. The third-order valence-corrected chi connectivity index (χ3v) is 4.87. The maximum atomic E-state index is 13.3. The van der Waals surface area contributed by atoms with Crippen molar-refractivity contribution in [1.82, 2.24) is 4.57 Å². The Bertz CT molecular complexity index is 1070. The Morgan fingerprint density at radius 3 is 2.48 bits per heavy atom. The van der Waals surface area contributed by atoms with Crippen molar-refractivity contribution in [3.8, 4) is 5.75 Å². The third kappa shape index (κ3) is 4.40.